The molecule has 0 aliphatic carbocycles. The Hall–Kier alpha value is -3.41. The number of nitro benzene ring substituents is 1. The molecule has 3 amide bonds. The number of hydrogen-bond donors (Lipinski definition) is 0. The number of aromatic nitrogens is 2. The fraction of sp³-hybridized carbons (Fsp3) is 0.353. The molecular formula is C17H16N6O5S. The lowest BCUT2D eigenvalue weighted by molar-refractivity contribution is -0.384. The second-order valence-electron chi connectivity index (χ2n) is 6.65. The number of non-ortho nitro benzene ring substituents is 1. The van der Waals surface area contributed by atoms with E-state index < -0.39 is 23.3 Å². The van der Waals surface area contributed by atoms with Crippen LogP contribution >= 0.6 is 11.3 Å². The van der Waals surface area contributed by atoms with Gasteiger partial charge in [-0.3, -0.25) is 29.4 Å². The highest BCUT2D eigenvalue weighted by atomic mass is 32.1. The Labute approximate surface area is 168 Å². The maximum atomic E-state index is 12.6. The molecule has 0 bridgehead atoms. The number of carbonyl (C=O) groups excluding carboxylic acids is 3. The standard InChI is InChI=1S/C17H16N6O5S/c1-10-18-19-17(29-10)21-6-4-20(5-7-21)14(24)9-22-15(25)12-3-2-11(23(27)28)8-13(12)16(22)26/h2-3,8H,4-7,9H2,1H3. The van der Waals surface area contributed by atoms with Crippen LogP contribution in [0.25, 0.3) is 0 Å². The average Bonchev–Trinajstić information content (AvgIpc) is 3.25. The molecule has 0 saturated carbocycles. The Kier molecular flexibility index (Phi) is 4.70. The van der Waals surface area contributed by atoms with Crippen LogP contribution in [0, 0.1) is 17.0 Å². The molecule has 4 rings (SSSR count). The molecule has 11 nitrogen and oxygen atoms in total. The molecule has 2 aromatic rings. The molecule has 0 N–H and O–H groups in total. The summed E-state index contributed by atoms with van der Waals surface area (Å²) in [5.41, 5.74) is -0.251. The first kappa shape index (κ1) is 18.9. The summed E-state index contributed by atoms with van der Waals surface area (Å²) < 4.78 is 0. The van der Waals surface area contributed by atoms with E-state index in [9.17, 15) is 24.5 Å². The van der Waals surface area contributed by atoms with Crippen LogP contribution in [0.2, 0.25) is 0 Å². The fourth-order valence-electron chi connectivity index (χ4n) is 3.33. The number of benzene rings is 1. The van der Waals surface area contributed by atoms with Crippen molar-refractivity contribution in [2.45, 2.75) is 6.92 Å². The van der Waals surface area contributed by atoms with Crippen LogP contribution < -0.4 is 4.90 Å². The van der Waals surface area contributed by atoms with Gasteiger partial charge in [0.1, 0.15) is 11.6 Å². The van der Waals surface area contributed by atoms with Crippen molar-refractivity contribution in [1.29, 1.82) is 0 Å². The van der Waals surface area contributed by atoms with Gasteiger partial charge in [-0.2, -0.15) is 0 Å². The molecular weight excluding hydrogens is 400 g/mol. The molecule has 1 fully saturated rings. The van der Waals surface area contributed by atoms with Crippen molar-refractivity contribution in [3.05, 3.63) is 44.4 Å². The maximum Gasteiger partial charge on any atom is 0.270 e. The largest absolute Gasteiger partial charge is 0.343 e. The van der Waals surface area contributed by atoms with E-state index >= 15 is 0 Å². The first-order valence-corrected chi connectivity index (χ1v) is 9.64. The summed E-state index contributed by atoms with van der Waals surface area (Å²) in [5.74, 6) is -1.65. The van der Waals surface area contributed by atoms with Crippen LogP contribution in [0.15, 0.2) is 18.2 Å². The third kappa shape index (κ3) is 3.42. The molecule has 0 unspecified atom stereocenters. The Morgan fingerprint density at radius 3 is 2.45 bits per heavy atom. The molecule has 29 heavy (non-hydrogen) atoms. The predicted octanol–water partition coefficient (Wildman–Crippen LogP) is 0.700. The molecule has 150 valence electrons. The zero-order valence-corrected chi connectivity index (χ0v) is 16.2. The Morgan fingerprint density at radius 1 is 1.14 bits per heavy atom. The van der Waals surface area contributed by atoms with E-state index in [1.165, 1.54) is 23.5 Å². The molecule has 0 radical (unpaired) electrons. The summed E-state index contributed by atoms with van der Waals surface area (Å²) in [6.45, 7) is 3.51. The van der Waals surface area contributed by atoms with Crippen molar-refractivity contribution >= 4 is 39.9 Å². The van der Waals surface area contributed by atoms with E-state index in [1.807, 2.05) is 11.8 Å². The van der Waals surface area contributed by atoms with E-state index in [0.29, 0.717) is 26.2 Å². The lowest BCUT2D eigenvalue weighted by Crippen LogP contribution is -2.51. The number of aryl methyl sites for hydroxylation is 1. The summed E-state index contributed by atoms with van der Waals surface area (Å²) in [4.78, 5) is 52.4. The number of amides is 3. The molecule has 0 spiro atoms. The van der Waals surface area contributed by atoms with Crippen molar-refractivity contribution < 1.29 is 19.3 Å². The first-order valence-electron chi connectivity index (χ1n) is 8.82. The Morgan fingerprint density at radius 2 is 1.83 bits per heavy atom. The minimum Gasteiger partial charge on any atom is -0.343 e. The normalized spacial score (nSPS) is 16.4. The highest BCUT2D eigenvalue weighted by molar-refractivity contribution is 7.15. The van der Waals surface area contributed by atoms with Crippen molar-refractivity contribution in [3.63, 3.8) is 0 Å². The van der Waals surface area contributed by atoms with Gasteiger partial charge < -0.3 is 9.80 Å². The third-order valence-electron chi connectivity index (χ3n) is 4.88. The van der Waals surface area contributed by atoms with Gasteiger partial charge in [0.15, 0.2) is 0 Å². The van der Waals surface area contributed by atoms with Crippen LogP contribution in [-0.2, 0) is 4.79 Å². The van der Waals surface area contributed by atoms with Crippen molar-refractivity contribution in [1.82, 2.24) is 20.0 Å². The van der Waals surface area contributed by atoms with Crippen molar-refractivity contribution in [2.75, 3.05) is 37.6 Å². The quantitative estimate of drug-likeness (QED) is 0.404. The molecule has 2 aliphatic rings. The highest BCUT2D eigenvalue weighted by Crippen LogP contribution is 2.27. The SMILES string of the molecule is Cc1nnc(N2CCN(C(=O)CN3C(=O)c4ccc([N+](=O)[O-])cc4C3=O)CC2)s1. The molecule has 1 aromatic heterocycles. The molecule has 12 heteroatoms. The van der Waals surface area contributed by atoms with Gasteiger partial charge in [-0.1, -0.05) is 11.3 Å². The number of piperazine rings is 1. The fourth-order valence-corrected chi connectivity index (χ4v) is 4.07. The van der Waals surface area contributed by atoms with E-state index in [1.54, 1.807) is 4.90 Å². The zero-order chi connectivity index (χ0) is 20.7. The molecule has 3 heterocycles. The summed E-state index contributed by atoms with van der Waals surface area (Å²) in [7, 11) is 0. The van der Waals surface area contributed by atoms with Crippen molar-refractivity contribution in [3.8, 4) is 0 Å². The number of anilines is 1. The lowest BCUT2D eigenvalue weighted by atomic mass is 10.1. The third-order valence-corrected chi connectivity index (χ3v) is 5.78. The van der Waals surface area contributed by atoms with E-state index in [0.717, 1.165) is 21.1 Å². The van der Waals surface area contributed by atoms with E-state index in [-0.39, 0.29) is 22.7 Å². The van der Waals surface area contributed by atoms with E-state index in [4.69, 9.17) is 0 Å². The molecule has 1 saturated heterocycles. The second kappa shape index (κ2) is 7.20. The van der Waals surface area contributed by atoms with E-state index in [2.05, 4.69) is 10.2 Å². The van der Waals surface area contributed by atoms with Crippen LogP contribution in [0.5, 0.6) is 0 Å². The van der Waals surface area contributed by atoms with Gasteiger partial charge >= 0.3 is 0 Å². The number of imide groups is 1. The number of nitro groups is 1. The smallest absolute Gasteiger partial charge is 0.270 e. The summed E-state index contributed by atoms with van der Waals surface area (Å²) in [6.07, 6.45) is 0. The Balaban J connectivity index is 1.41. The molecule has 2 aliphatic heterocycles. The minimum absolute atomic E-state index is 0.0477. The van der Waals surface area contributed by atoms with Gasteiger partial charge in [-0.15, -0.1) is 10.2 Å². The van der Waals surface area contributed by atoms with Crippen LogP contribution in [0.3, 0.4) is 0 Å². The van der Waals surface area contributed by atoms with Gasteiger partial charge in [-0.05, 0) is 13.0 Å². The first-order chi connectivity index (χ1) is 13.8. The Bertz CT molecular complexity index is 1030. The monoisotopic (exact) mass is 416 g/mol. The van der Waals surface area contributed by atoms with Gasteiger partial charge in [0, 0.05) is 38.3 Å². The summed E-state index contributed by atoms with van der Waals surface area (Å²) >= 11 is 1.48. The topological polar surface area (TPSA) is 130 Å². The number of hydrogen-bond acceptors (Lipinski definition) is 9. The van der Waals surface area contributed by atoms with Gasteiger partial charge in [0.2, 0.25) is 11.0 Å². The minimum atomic E-state index is -0.690. The maximum absolute atomic E-state index is 12.6. The van der Waals surface area contributed by atoms with Crippen molar-refractivity contribution in [2.24, 2.45) is 0 Å². The summed E-state index contributed by atoms with van der Waals surface area (Å²) in [5, 5.41) is 20.7. The van der Waals surface area contributed by atoms with Crippen LogP contribution in [-0.4, -0.2) is 75.4 Å². The number of fused-ring (bicyclic) bond motifs is 1. The predicted molar refractivity (Wildman–Crippen MR) is 102 cm³/mol. The highest BCUT2D eigenvalue weighted by Gasteiger charge is 2.38. The van der Waals surface area contributed by atoms with Gasteiger partial charge in [-0.25, -0.2) is 0 Å². The molecule has 1 aromatic carbocycles. The van der Waals surface area contributed by atoms with Gasteiger partial charge in [0.25, 0.3) is 17.5 Å². The van der Waals surface area contributed by atoms with Gasteiger partial charge in [0.05, 0.1) is 16.1 Å². The number of nitrogens with zero attached hydrogens (tertiary/aromatic N) is 6. The second-order valence-corrected chi connectivity index (χ2v) is 7.82. The average molecular weight is 416 g/mol. The lowest BCUT2D eigenvalue weighted by Gasteiger charge is -2.34. The zero-order valence-electron chi connectivity index (χ0n) is 15.4. The molecule has 0 atom stereocenters. The van der Waals surface area contributed by atoms with Crippen LogP contribution in [0.1, 0.15) is 25.7 Å². The number of rotatable bonds is 4. The van der Waals surface area contributed by atoms with Crippen LogP contribution in [0.4, 0.5) is 10.8 Å². The summed E-state index contributed by atoms with van der Waals surface area (Å²) in [6, 6.07) is 3.49. The number of carbonyl (C=O) groups is 3.